The van der Waals surface area contributed by atoms with Gasteiger partial charge < -0.3 is 0 Å². The molecule has 0 aromatic rings. The van der Waals surface area contributed by atoms with E-state index in [2.05, 4.69) is 27.4 Å². The quantitative estimate of drug-likeness (QED) is 0.511. The van der Waals surface area contributed by atoms with Gasteiger partial charge in [0.25, 0.3) is 0 Å². The fraction of sp³-hybridized carbons (Fsp3) is 0.800. The number of rotatable bonds is 5. The Bertz CT molecular complexity index is 82.0. The lowest BCUT2D eigenvalue weighted by molar-refractivity contribution is 0.502. The lowest BCUT2D eigenvalue weighted by Crippen LogP contribution is -1.92. The van der Waals surface area contributed by atoms with Crippen molar-refractivity contribution < 1.29 is 0 Å². The summed E-state index contributed by atoms with van der Waals surface area (Å²) >= 11 is 0. The second-order valence-corrected chi connectivity index (χ2v) is 3.54. The maximum atomic E-state index is 3.76. The van der Waals surface area contributed by atoms with E-state index in [0.29, 0.717) is 5.92 Å². The Balaban J connectivity index is 3.11. The Labute approximate surface area is 65.3 Å². The molecule has 1 atom stereocenters. The summed E-state index contributed by atoms with van der Waals surface area (Å²) in [5.74, 6) is 1.57. The number of hydrogen-bond donors (Lipinski definition) is 0. The molecule has 0 aromatic heterocycles. The SMILES string of the molecule is C=CC(C)CCCC(C)C. The normalized spacial score (nSPS) is 13.6. The molecule has 0 aliphatic heterocycles. The van der Waals surface area contributed by atoms with Crippen LogP contribution in [-0.2, 0) is 0 Å². The zero-order chi connectivity index (χ0) is 7.98. The maximum absolute atomic E-state index is 3.76. The Morgan fingerprint density at radius 3 is 2.20 bits per heavy atom. The molecule has 0 N–H and O–H groups in total. The molecule has 0 aliphatic rings. The fourth-order valence-corrected chi connectivity index (χ4v) is 0.966. The first kappa shape index (κ1) is 9.74. The molecule has 10 heavy (non-hydrogen) atoms. The highest BCUT2D eigenvalue weighted by molar-refractivity contribution is 4.74. The van der Waals surface area contributed by atoms with E-state index in [-0.39, 0.29) is 0 Å². The van der Waals surface area contributed by atoms with Crippen LogP contribution in [0, 0.1) is 11.8 Å². The lowest BCUT2D eigenvalue weighted by atomic mass is 10.00. The van der Waals surface area contributed by atoms with Crippen LogP contribution in [0.5, 0.6) is 0 Å². The van der Waals surface area contributed by atoms with Crippen molar-refractivity contribution in [2.24, 2.45) is 11.8 Å². The molecule has 0 aromatic carbocycles. The van der Waals surface area contributed by atoms with E-state index >= 15 is 0 Å². The van der Waals surface area contributed by atoms with Crippen LogP contribution in [0.3, 0.4) is 0 Å². The molecule has 0 amide bonds. The summed E-state index contributed by atoms with van der Waals surface area (Å²) in [4.78, 5) is 0. The van der Waals surface area contributed by atoms with Crippen LogP contribution in [0.15, 0.2) is 12.7 Å². The topological polar surface area (TPSA) is 0 Å². The molecular weight excluding hydrogens is 120 g/mol. The van der Waals surface area contributed by atoms with Crippen LogP contribution >= 0.6 is 0 Å². The van der Waals surface area contributed by atoms with Crippen molar-refractivity contribution in [1.29, 1.82) is 0 Å². The molecule has 0 bridgehead atoms. The molecule has 0 rings (SSSR count). The molecule has 0 heterocycles. The van der Waals surface area contributed by atoms with Crippen molar-refractivity contribution >= 4 is 0 Å². The largest absolute Gasteiger partial charge is 0.103 e. The van der Waals surface area contributed by atoms with Gasteiger partial charge in [-0.15, -0.1) is 6.58 Å². The predicted molar refractivity (Wildman–Crippen MR) is 48.1 cm³/mol. The third kappa shape index (κ3) is 5.87. The van der Waals surface area contributed by atoms with Crippen LogP contribution < -0.4 is 0 Å². The monoisotopic (exact) mass is 140 g/mol. The Hall–Kier alpha value is -0.260. The highest BCUT2D eigenvalue weighted by Crippen LogP contribution is 2.12. The van der Waals surface area contributed by atoms with Crippen LogP contribution in [0.2, 0.25) is 0 Å². The minimum atomic E-state index is 0.707. The minimum absolute atomic E-state index is 0.707. The van der Waals surface area contributed by atoms with Gasteiger partial charge in [-0.1, -0.05) is 39.7 Å². The van der Waals surface area contributed by atoms with Gasteiger partial charge >= 0.3 is 0 Å². The van der Waals surface area contributed by atoms with Gasteiger partial charge in [-0.2, -0.15) is 0 Å². The molecule has 0 heteroatoms. The summed E-state index contributed by atoms with van der Waals surface area (Å²) < 4.78 is 0. The molecule has 0 fully saturated rings. The molecule has 60 valence electrons. The lowest BCUT2D eigenvalue weighted by Gasteiger charge is -2.06. The molecule has 0 spiro atoms. The van der Waals surface area contributed by atoms with Crippen molar-refractivity contribution in [1.82, 2.24) is 0 Å². The van der Waals surface area contributed by atoms with E-state index in [4.69, 9.17) is 0 Å². The van der Waals surface area contributed by atoms with Crippen molar-refractivity contribution in [2.75, 3.05) is 0 Å². The average Bonchev–Trinajstić information content (AvgIpc) is 1.87. The van der Waals surface area contributed by atoms with Gasteiger partial charge in [0.1, 0.15) is 0 Å². The molecule has 0 aliphatic carbocycles. The Morgan fingerprint density at radius 1 is 1.20 bits per heavy atom. The van der Waals surface area contributed by atoms with Crippen molar-refractivity contribution in [3.8, 4) is 0 Å². The van der Waals surface area contributed by atoms with Gasteiger partial charge in [-0.3, -0.25) is 0 Å². The summed E-state index contributed by atoms with van der Waals surface area (Å²) in [6.45, 7) is 10.5. The van der Waals surface area contributed by atoms with E-state index in [9.17, 15) is 0 Å². The fourth-order valence-electron chi connectivity index (χ4n) is 0.966. The summed E-state index contributed by atoms with van der Waals surface area (Å²) in [6, 6.07) is 0. The highest BCUT2D eigenvalue weighted by atomic mass is 14.0. The zero-order valence-electron chi connectivity index (χ0n) is 7.56. The second-order valence-electron chi connectivity index (χ2n) is 3.54. The van der Waals surface area contributed by atoms with Crippen LogP contribution in [-0.4, -0.2) is 0 Å². The van der Waals surface area contributed by atoms with Gasteiger partial charge in [-0.25, -0.2) is 0 Å². The third-order valence-electron chi connectivity index (χ3n) is 1.84. The zero-order valence-corrected chi connectivity index (χ0v) is 7.56. The molecular formula is C10H20. The van der Waals surface area contributed by atoms with Crippen LogP contribution in [0.25, 0.3) is 0 Å². The molecule has 0 saturated heterocycles. The Morgan fingerprint density at radius 2 is 1.80 bits per heavy atom. The van der Waals surface area contributed by atoms with Gasteiger partial charge in [0.2, 0.25) is 0 Å². The first-order chi connectivity index (χ1) is 4.66. The third-order valence-corrected chi connectivity index (χ3v) is 1.84. The smallest absolute Gasteiger partial charge is 0.0265 e. The van der Waals surface area contributed by atoms with Crippen LogP contribution in [0.1, 0.15) is 40.0 Å². The first-order valence-corrected chi connectivity index (χ1v) is 4.29. The molecule has 1 unspecified atom stereocenters. The van der Waals surface area contributed by atoms with E-state index in [0.717, 1.165) is 5.92 Å². The summed E-state index contributed by atoms with van der Waals surface area (Å²) in [6.07, 6.45) is 6.06. The van der Waals surface area contributed by atoms with E-state index in [1.807, 2.05) is 6.08 Å². The average molecular weight is 140 g/mol. The van der Waals surface area contributed by atoms with Gasteiger partial charge in [0.05, 0.1) is 0 Å². The summed E-state index contributed by atoms with van der Waals surface area (Å²) in [5, 5.41) is 0. The van der Waals surface area contributed by atoms with Gasteiger partial charge in [-0.05, 0) is 18.3 Å². The van der Waals surface area contributed by atoms with Crippen molar-refractivity contribution in [3.63, 3.8) is 0 Å². The van der Waals surface area contributed by atoms with Crippen molar-refractivity contribution in [2.45, 2.75) is 40.0 Å². The van der Waals surface area contributed by atoms with Crippen molar-refractivity contribution in [3.05, 3.63) is 12.7 Å². The highest BCUT2D eigenvalue weighted by Gasteiger charge is 1.97. The number of allylic oxidation sites excluding steroid dienone is 1. The van der Waals surface area contributed by atoms with E-state index in [1.54, 1.807) is 0 Å². The van der Waals surface area contributed by atoms with Crippen LogP contribution in [0.4, 0.5) is 0 Å². The second kappa shape index (κ2) is 5.52. The Kier molecular flexibility index (Phi) is 5.38. The number of hydrogen-bond acceptors (Lipinski definition) is 0. The standard InChI is InChI=1S/C10H20/c1-5-10(4)8-6-7-9(2)3/h5,9-10H,1,6-8H2,2-4H3. The summed E-state index contributed by atoms with van der Waals surface area (Å²) in [5.41, 5.74) is 0. The first-order valence-electron chi connectivity index (χ1n) is 4.29. The van der Waals surface area contributed by atoms with Gasteiger partial charge in [0, 0.05) is 0 Å². The van der Waals surface area contributed by atoms with Gasteiger partial charge in [0.15, 0.2) is 0 Å². The molecule has 0 nitrogen and oxygen atoms in total. The van der Waals surface area contributed by atoms with E-state index < -0.39 is 0 Å². The van der Waals surface area contributed by atoms with E-state index in [1.165, 1.54) is 19.3 Å². The minimum Gasteiger partial charge on any atom is -0.103 e. The predicted octanol–water partition coefficient (Wildman–Crippen LogP) is 3.63. The molecule has 0 saturated carbocycles. The molecule has 0 radical (unpaired) electrons. The maximum Gasteiger partial charge on any atom is -0.0265 e. The summed E-state index contributed by atoms with van der Waals surface area (Å²) in [7, 11) is 0.